The smallest absolute Gasteiger partial charge is 0.256 e. The van der Waals surface area contributed by atoms with Crippen LogP contribution >= 0.6 is 11.6 Å². The number of hydrogen-bond donors (Lipinski definition) is 1. The van der Waals surface area contributed by atoms with Gasteiger partial charge in [0.15, 0.2) is 0 Å². The second-order valence-electron chi connectivity index (χ2n) is 6.51. The van der Waals surface area contributed by atoms with Gasteiger partial charge in [-0.1, -0.05) is 54.1 Å². The number of carbonyl (C=O) groups excluding carboxylic acids is 2. The highest BCUT2D eigenvalue weighted by Crippen LogP contribution is 2.37. The van der Waals surface area contributed by atoms with Gasteiger partial charge in [0.2, 0.25) is 5.91 Å². The third-order valence-electron chi connectivity index (χ3n) is 4.69. The van der Waals surface area contributed by atoms with Gasteiger partial charge in [0, 0.05) is 11.3 Å². The first kappa shape index (κ1) is 18.2. The van der Waals surface area contributed by atoms with E-state index in [1.807, 2.05) is 30.3 Å². The van der Waals surface area contributed by atoms with Crippen LogP contribution in [0.3, 0.4) is 0 Å². The Labute approximate surface area is 166 Å². The van der Waals surface area contributed by atoms with E-state index >= 15 is 0 Å². The first-order valence-corrected chi connectivity index (χ1v) is 9.12. The summed E-state index contributed by atoms with van der Waals surface area (Å²) in [5.41, 5.74) is 2.05. The van der Waals surface area contributed by atoms with Gasteiger partial charge in [-0.25, -0.2) is 4.39 Å². The highest BCUT2D eigenvalue weighted by molar-refractivity contribution is 6.33. The summed E-state index contributed by atoms with van der Waals surface area (Å²) in [6.45, 7) is -0.181. The molecule has 0 aromatic heterocycles. The van der Waals surface area contributed by atoms with Crippen molar-refractivity contribution in [1.29, 1.82) is 0 Å². The van der Waals surface area contributed by atoms with Crippen LogP contribution in [0.4, 0.5) is 10.1 Å². The van der Waals surface area contributed by atoms with E-state index < -0.39 is 17.8 Å². The maximum absolute atomic E-state index is 14.1. The van der Waals surface area contributed by atoms with Gasteiger partial charge in [0.05, 0.1) is 16.6 Å². The van der Waals surface area contributed by atoms with Crippen molar-refractivity contribution in [2.75, 3.05) is 11.9 Å². The summed E-state index contributed by atoms with van der Waals surface area (Å²) in [7, 11) is 0. The molecule has 0 saturated heterocycles. The molecule has 2 amide bonds. The third-order valence-corrected chi connectivity index (χ3v) is 5.02. The molecule has 3 aromatic carbocycles. The van der Waals surface area contributed by atoms with E-state index in [0.717, 1.165) is 5.56 Å². The van der Waals surface area contributed by atoms with Crippen LogP contribution in [0.2, 0.25) is 5.02 Å². The SMILES string of the molecule is O=C1CN(C(=O)c2ccccc2Cl)[C@H](c2ccccc2)c2cc(F)ccc2N1. The average molecular weight is 395 g/mol. The Morgan fingerprint density at radius 1 is 1.04 bits per heavy atom. The minimum atomic E-state index is -0.644. The first-order valence-electron chi connectivity index (χ1n) is 8.74. The van der Waals surface area contributed by atoms with Crippen LogP contribution in [0.1, 0.15) is 27.5 Å². The Kier molecular flexibility index (Phi) is 4.84. The molecule has 3 aromatic rings. The summed E-state index contributed by atoms with van der Waals surface area (Å²) in [6, 6.07) is 19.4. The van der Waals surface area contributed by atoms with Crippen LogP contribution in [0.5, 0.6) is 0 Å². The van der Waals surface area contributed by atoms with Crippen molar-refractivity contribution >= 4 is 29.1 Å². The van der Waals surface area contributed by atoms with E-state index in [2.05, 4.69) is 5.32 Å². The number of carbonyl (C=O) groups is 2. The molecule has 0 aliphatic carbocycles. The molecule has 4 nitrogen and oxygen atoms in total. The topological polar surface area (TPSA) is 49.4 Å². The zero-order valence-corrected chi connectivity index (χ0v) is 15.5. The fourth-order valence-electron chi connectivity index (χ4n) is 3.45. The number of anilines is 1. The van der Waals surface area contributed by atoms with Gasteiger partial charge in [-0.3, -0.25) is 9.59 Å². The van der Waals surface area contributed by atoms with Gasteiger partial charge in [0.25, 0.3) is 5.91 Å². The van der Waals surface area contributed by atoms with Crippen molar-refractivity contribution < 1.29 is 14.0 Å². The Morgan fingerprint density at radius 2 is 1.75 bits per heavy atom. The first-order chi connectivity index (χ1) is 13.5. The Morgan fingerprint density at radius 3 is 2.50 bits per heavy atom. The van der Waals surface area contributed by atoms with Crippen LogP contribution in [-0.2, 0) is 4.79 Å². The highest BCUT2D eigenvalue weighted by atomic mass is 35.5. The summed E-state index contributed by atoms with van der Waals surface area (Å²) >= 11 is 6.23. The van der Waals surface area contributed by atoms with E-state index in [1.54, 1.807) is 24.3 Å². The molecule has 0 radical (unpaired) electrons. The molecule has 0 unspecified atom stereocenters. The summed E-state index contributed by atoms with van der Waals surface area (Å²) < 4.78 is 14.1. The minimum absolute atomic E-state index is 0.181. The van der Waals surface area contributed by atoms with Crippen molar-refractivity contribution in [3.63, 3.8) is 0 Å². The standard InChI is InChI=1S/C22H16ClFN2O2/c23-18-9-5-4-8-16(18)22(28)26-13-20(27)25-19-11-10-15(24)12-17(19)21(26)14-6-2-1-3-7-14/h1-12,21H,13H2,(H,25,27)/t21-/m1/s1. The Bertz CT molecular complexity index is 1060. The van der Waals surface area contributed by atoms with Crippen molar-refractivity contribution in [2.45, 2.75) is 6.04 Å². The summed E-state index contributed by atoms with van der Waals surface area (Å²) in [6.07, 6.45) is 0. The van der Waals surface area contributed by atoms with Crippen LogP contribution < -0.4 is 5.32 Å². The lowest BCUT2D eigenvalue weighted by atomic mass is 9.95. The molecule has 0 spiro atoms. The fourth-order valence-corrected chi connectivity index (χ4v) is 3.67. The number of benzene rings is 3. The van der Waals surface area contributed by atoms with Crippen molar-refractivity contribution in [1.82, 2.24) is 4.90 Å². The lowest BCUT2D eigenvalue weighted by Crippen LogP contribution is -2.39. The summed E-state index contributed by atoms with van der Waals surface area (Å²) in [4.78, 5) is 27.3. The monoisotopic (exact) mass is 394 g/mol. The van der Waals surface area contributed by atoms with E-state index in [0.29, 0.717) is 16.3 Å². The molecular formula is C22H16ClFN2O2. The average Bonchev–Trinajstić information content (AvgIpc) is 2.84. The number of nitrogens with one attached hydrogen (secondary N) is 1. The second kappa shape index (κ2) is 7.44. The number of halogens is 2. The Hall–Kier alpha value is -3.18. The largest absolute Gasteiger partial charge is 0.324 e. The lowest BCUT2D eigenvalue weighted by molar-refractivity contribution is -0.117. The van der Waals surface area contributed by atoms with Crippen LogP contribution in [-0.4, -0.2) is 23.3 Å². The van der Waals surface area contributed by atoms with Crippen LogP contribution in [0.25, 0.3) is 0 Å². The normalized spacial score (nSPS) is 16.1. The van der Waals surface area contributed by atoms with Gasteiger partial charge in [-0.2, -0.15) is 0 Å². The lowest BCUT2D eigenvalue weighted by Gasteiger charge is -2.31. The third kappa shape index (κ3) is 3.37. The molecule has 1 atom stereocenters. The molecule has 1 aliphatic heterocycles. The summed E-state index contributed by atoms with van der Waals surface area (Å²) in [5.74, 6) is -1.20. The number of amides is 2. The zero-order chi connectivity index (χ0) is 19.7. The van der Waals surface area contributed by atoms with Crippen molar-refractivity contribution in [3.05, 3.63) is 100 Å². The van der Waals surface area contributed by atoms with E-state index in [9.17, 15) is 14.0 Å². The number of fused-ring (bicyclic) bond motifs is 1. The minimum Gasteiger partial charge on any atom is -0.324 e. The molecule has 1 aliphatic rings. The molecule has 1 N–H and O–H groups in total. The molecule has 4 rings (SSSR count). The quantitative estimate of drug-likeness (QED) is 0.687. The van der Waals surface area contributed by atoms with Crippen LogP contribution in [0.15, 0.2) is 72.8 Å². The van der Waals surface area contributed by atoms with Gasteiger partial charge in [-0.05, 0) is 35.9 Å². The molecule has 140 valence electrons. The fraction of sp³-hybridized carbons (Fsp3) is 0.0909. The maximum Gasteiger partial charge on any atom is 0.256 e. The van der Waals surface area contributed by atoms with E-state index in [-0.39, 0.29) is 18.0 Å². The second-order valence-corrected chi connectivity index (χ2v) is 6.91. The van der Waals surface area contributed by atoms with Crippen LogP contribution in [0, 0.1) is 5.82 Å². The molecule has 0 saturated carbocycles. The predicted octanol–water partition coefficient (Wildman–Crippen LogP) is 4.66. The summed E-state index contributed by atoms with van der Waals surface area (Å²) in [5, 5.41) is 3.06. The number of nitrogens with zero attached hydrogens (tertiary/aromatic N) is 1. The highest BCUT2D eigenvalue weighted by Gasteiger charge is 2.34. The van der Waals surface area contributed by atoms with Gasteiger partial charge in [0.1, 0.15) is 12.4 Å². The molecule has 0 fully saturated rings. The Balaban J connectivity index is 1.91. The zero-order valence-electron chi connectivity index (χ0n) is 14.7. The molecular weight excluding hydrogens is 379 g/mol. The van der Waals surface area contributed by atoms with E-state index in [4.69, 9.17) is 11.6 Å². The van der Waals surface area contributed by atoms with E-state index in [1.165, 1.54) is 23.1 Å². The van der Waals surface area contributed by atoms with Gasteiger partial charge in [-0.15, -0.1) is 0 Å². The molecule has 6 heteroatoms. The van der Waals surface area contributed by atoms with Gasteiger partial charge < -0.3 is 10.2 Å². The van der Waals surface area contributed by atoms with Crippen molar-refractivity contribution in [3.8, 4) is 0 Å². The molecule has 0 bridgehead atoms. The van der Waals surface area contributed by atoms with Gasteiger partial charge >= 0.3 is 0 Å². The number of hydrogen-bond acceptors (Lipinski definition) is 2. The molecule has 28 heavy (non-hydrogen) atoms. The number of rotatable bonds is 2. The predicted molar refractivity (Wildman–Crippen MR) is 106 cm³/mol. The maximum atomic E-state index is 14.1. The van der Waals surface area contributed by atoms with Crippen molar-refractivity contribution in [2.24, 2.45) is 0 Å². The molecule has 1 heterocycles.